The third-order valence-corrected chi connectivity index (χ3v) is 10.8. The van der Waals surface area contributed by atoms with Crippen molar-refractivity contribution in [2.24, 2.45) is 0 Å². The summed E-state index contributed by atoms with van der Waals surface area (Å²) in [6, 6.07) is 0. The van der Waals surface area contributed by atoms with Crippen LogP contribution in [-0.4, -0.2) is 37.2 Å². The van der Waals surface area contributed by atoms with Crippen LogP contribution in [0.25, 0.3) is 0 Å². The molecule has 6 heteroatoms. The average Bonchev–Trinajstić information content (AvgIpc) is 3.30. The zero-order valence-corrected chi connectivity index (χ0v) is 42.0. The molecule has 0 aliphatic carbocycles. The monoisotopic (exact) mass is 901 g/mol. The second-order valence-corrected chi connectivity index (χ2v) is 17.1. The van der Waals surface area contributed by atoms with Crippen LogP contribution in [-0.2, 0) is 28.6 Å². The van der Waals surface area contributed by atoms with Gasteiger partial charge in [0, 0.05) is 19.3 Å². The Morgan fingerprint density at radius 1 is 0.323 bits per heavy atom. The van der Waals surface area contributed by atoms with Gasteiger partial charge in [-0.05, 0) is 96.3 Å². The first-order chi connectivity index (χ1) is 32.0. The first-order valence-electron chi connectivity index (χ1n) is 26.4. The Kier molecular flexibility index (Phi) is 49.5. The Bertz CT molecular complexity index is 1360. The minimum Gasteiger partial charge on any atom is -0.462 e. The van der Waals surface area contributed by atoms with E-state index >= 15 is 0 Å². The first kappa shape index (κ1) is 61.1. The smallest absolute Gasteiger partial charge is 0.306 e. The number of carbonyl (C=O) groups excluding carboxylic acids is 3. The molecular formula is C59H96O6. The van der Waals surface area contributed by atoms with E-state index in [0.29, 0.717) is 19.3 Å². The topological polar surface area (TPSA) is 78.9 Å². The summed E-state index contributed by atoms with van der Waals surface area (Å²) in [6.45, 7) is 6.39. The molecule has 0 aromatic rings. The van der Waals surface area contributed by atoms with E-state index in [1.54, 1.807) is 0 Å². The van der Waals surface area contributed by atoms with Gasteiger partial charge in [-0.1, -0.05) is 220 Å². The zero-order chi connectivity index (χ0) is 47.2. The van der Waals surface area contributed by atoms with Gasteiger partial charge in [0.25, 0.3) is 0 Å². The number of esters is 3. The van der Waals surface area contributed by atoms with Gasteiger partial charge in [-0.2, -0.15) is 0 Å². The summed E-state index contributed by atoms with van der Waals surface area (Å²) < 4.78 is 16.7. The quantitative estimate of drug-likeness (QED) is 0.0262. The van der Waals surface area contributed by atoms with Crippen molar-refractivity contribution < 1.29 is 28.6 Å². The van der Waals surface area contributed by atoms with Gasteiger partial charge < -0.3 is 14.2 Å². The molecule has 0 saturated carbocycles. The lowest BCUT2D eigenvalue weighted by Crippen LogP contribution is -2.30. The van der Waals surface area contributed by atoms with Gasteiger partial charge in [-0.25, -0.2) is 0 Å². The molecule has 0 unspecified atom stereocenters. The highest BCUT2D eigenvalue weighted by atomic mass is 16.6. The largest absolute Gasteiger partial charge is 0.462 e. The predicted molar refractivity (Wildman–Crippen MR) is 279 cm³/mol. The van der Waals surface area contributed by atoms with E-state index in [1.807, 2.05) is 0 Å². The molecule has 0 heterocycles. The number of rotatable bonds is 46. The van der Waals surface area contributed by atoms with Gasteiger partial charge in [-0.3, -0.25) is 14.4 Å². The number of hydrogen-bond acceptors (Lipinski definition) is 6. The van der Waals surface area contributed by atoms with Gasteiger partial charge in [-0.15, -0.1) is 0 Å². The molecule has 0 N–H and O–H groups in total. The standard InChI is InChI=1S/C59H96O6/c1-4-7-10-13-16-19-22-25-27-29-31-34-37-40-43-46-49-52-58(61)64-55-56(54-63-57(60)51-48-45-42-39-36-33-24-21-18-15-12-9-6-3)65-59(62)53-50-47-44-41-38-35-32-30-28-26-23-20-17-14-11-8-5-2/h7,10,16-17,19-20,25-28,31-32,34-35,40-41,43-44,56H,4-6,8-9,11-15,18,21-24,29-30,33,36-39,42,45-55H2,1-3H3/b10-7-,19-16-,20-17-,27-25-,28-26-,34-31-,35-32-,43-40-,44-41-/t56-/m1/s1. The van der Waals surface area contributed by atoms with Crippen molar-refractivity contribution in [1.29, 1.82) is 0 Å². The fourth-order valence-electron chi connectivity index (χ4n) is 6.82. The van der Waals surface area contributed by atoms with Gasteiger partial charge in [0.2, 0.25) is 0 Å². The molecule has 0 radical (unpaired) electrons. The maximum atomic E-state index is 12.8. The van der Waals surface area contributed by atoms with Crippen LogP contribution in [0.4, 0.5) is 0 Å². The third kappa shape index (κ3) is 50.9. The predicted octanol–water partition coefficient (Wildman–Crippen LogP) is 17.5. The minimum atomic E-state index is -0.829. The Balaban J connectivity index is 4.58. The normalized spacial score (nSPS) is 13.0. The van der Waals surface area contributed by atoms with Crippen LogP contribution in [0, 0.1) is 0 Å². The van der Waals surface area contributed by atoms with E-state index in [9.17, 15) is 14.4 Å². The summed E-state index contributed by atoms with van der Waals surface area (Å²) in [5.74, 6) is -1.04. The molecule has 0 fully saturated rings. The lowest BCUT2D eigenvalue weighted by Gasteiger charge is -2.18. The molecule has 0 saturated heterocycles. The van der Waals surface area contributed by atoms with E-state index in [1.165, 1.54) is 89.9 Å². The lowest BCUT2D eigenvalue weighted by atomic mass is 10.0. The minimum absolute atomic E-state index is 0.118. The average molecular weight is 901 g/mol. The van der Waals surface area contributed by atoms with Crippen LogP contribution >= 0.6 is 0 Å². The van der Waals surface area contributed by atoms with Crippen LogP contribution in [0.15, 0.2) is 109 Å². The van der Waals surface area contributed by atoms with Crippen LogP contribution in [0.2, 0.25) is 0 Å². The third-order valence-electron chi connectivity index (χ3n) is 10.8. The van der Waals surface area contributed by atoms with E-state index in [0.717, 1.165) is 83.5 Å². The maximum Gasteiger partial charge on any atom is 0.306 e. The number of allylic oxidation sites excluding steroid dienone is 18. The highest BCUT2D eigenvalue weighted by molar-refractivity contribution is 5.71. The highest BCUT2D eigenvalue weighted by Gasteiger charge is 2.19. The molecule has 0 aromatic heterocycles. The van der Waals surface area contributed by atoms with Crippen LogP contribution < -0.4 is 0 Å². The Morgan fingerprint density at radius 3 is 1.00 bits per heavy atom. The van der Waals surface area contributed by atoms with Gasteiger partial charge >= 0.3 is 17.9 Å². The van der Waals surface area contributed by atoms with Crippen molar-refractivity contribution in [2.45, 2.75) is 232 Å². The summed E-state index contributed by atoms with van der Waals surface area (Å²) in [4.78, 5) is 38.0. The maximum absolute atomic E-state index is 12.8. The lowest BCUT2D eigenvalue weighted by molar-refractivity contribution is -0.167. The summed E-state index contributed by atoms with van der Waals surface area (Å²) in [6.07, 6.45) is 70.8. The van der Waals surface area contributed by atoms with Crippen molar-refractivity contribution in [3.05, 3.63) is 109 Å². The number of carbonyl (C=O) groups is 3. The molecule has 1 atom stereocenters. The number of ether oxygens (including phenoxy) is 3. The van der Waals surface area contributed by atoms with Crippen LogP contribution in [0.5, 0.6) is 0 Å². The number of unbranched alkanes of at least 4 members (excludes halogenated alkanes) is 17. The SMILES string of the molecule is CC/C=C\C/C=C\C/C=C\C/C=C\C/C=C\CCCC(=O)OC[C@@H](COC(=O)CCCCCCCCCCCCCCC)OC(=O)CCC/C=C\C/C=C\C/C=C\C/C=C\CCCCC. The molecule has 0 spiro atoms. The fraction of sp³-hybridized carbons (Fsp3) is 0.644. The van der Waals surface area contributed by atoms with E-state index in [2.05, 4.69) is 130 Å². The van der Waals surface area contributed by atoms with E-state index in [-0.39, 0.29) is 44.0 Å². The Hall–Kier alpha value is -3.93. The summed E-state index contributed by atoms with van der Waals surface area (Å²) in [7, 11) is 0. The fourth-order valence-corrected chi connectivity index (χ4v) is 6.82. The van der Waals surface area contributed by atoms with Crippen molar-refractivity contribution in [1.82, 2.24) is 0 Å². The highest BCUT2D eigenvalue weighted by Crippen LogP contribution is 2.14. The Morgan fingerprint density at radius 2 is 0.615 bits per heavy atom. The molecule has 368 valence electrons. The van der Waals surface area contributed by atoms with Crippen molar-refractivity contribution >= 4 is 17.9 Å². The molecule has 0 aromatic carbocycles. The van der Waals surface area contributed by atoms with Crippen molar-refractivity contribution in [2.75, 3.05) is 13.2 Å². The molecule has 0 bridgehead atoms. The first-order valence-corrected chi connectivity index (χ1v) is 26.4. The van der Waals surface area contributed by atoms with Crippen LogP contribution in [0.3, 0.4) is 0 Å². The van der Waals surface area contributed by atoms with Gasteiger partial charge in [0.15, 0.2) is 6.10 Å². The van der Waals surface area contributed by atoms with Crippen molar-refractivity contribution in [3.63, 3.8) is 0 Å². The molecule has 0 aliphatic heterocycles. The molecule has 0 rings (SSSR count). The molecule has 0 amide bonds. The summed E-state index contributed by atoms with van der Waals surface area (Å²) >= 11 is 0. The number of hydrogen-bond donors (Lipinski definition) is 0. The second kappa shape index (κ2) is 52.7. The van der Waals surface area contributed by atoms with Gasteiger partial charge in [0.05, 0.1) is 0 Å². The molecular weight excluding hydrogens is 805 g/mol. The molecule has 6 nitrogen and oxygen atoms in total. The van der Waals surface area contributed by atoms with E-state index < -0.39 is 6.10 Å². The van der Waals surface area contributed by atoms with E-state index in [4.69, 9.17) is 14.2 Å². The second-order valence-electron chi connectivity index (χ2n) is 17.1. The van der Waals surface area contributed by atoms with Gasteiger partial charge in [0.1, 0.15) is 13.2 Å². The van der Waals surface area contributed by atoms with Crippen LogP contribution in [0.1, 0.15) is 226 Å². The molecule has 65 heavy (non-hydrogen) atoms. The van der Waals surface area contributed by atoms with Crippen molar-refractivity contribution in [3.8, 4) is 0 Å². The molecule has 0 aliphatic rings. The Labute approximate surface area is 400 Å². The summed E-state index contributed by atoms with van der Waals surface area (Å²) in [5, 5.41) is 0. The summed E-state index contributed by atoms with van der Waals surface area (Å²) in [5.41, 5.74) is 0. The zero-order valence-electron chi connectivity index (χ0n) is 42.0.